The third kappa shape index (κ3) is 3.60. The van der Waals surface area contributed by atoms with Crippen LogP contribution in [0.3, 0.4) is 0 Å². The van der Waals surface area contributed by atoms with Crippen molar-refractivity contribution in [2.75, 3.05) is 0 Å². The van der Waals surface area contributed by atoms with Crippen LogP contribution >= 0.6 is 0 Å². The molecule has 0 N–H and O–H groups in total. The van der Waals surface area contributed by atoms with Crippen molar-refractivity contribution in [1.82, 2.24) is 0 Å². The van der Waals surface area contributed by atoms with Crippen LogP contribution in [0.15, 0.2) is 55.1 Å². The largest absolute Gasteiger partial charge is 0.0952 e. The molecule has 19 heavy (non-hydrogen) atoms. The smallest absolute Gasteiger partial charge is 0.0251 e. The van der Waals surface area contributed by atoms with Crippen molar-refractivity contribution in [3.05, 3.63) is 77.4 Å². The number of rotatable bonds is 2. The van der Waals surface area contributed by atoms with Gasteiger partial charge in [0.25, 0.3) is 0 Å². The molecule has 94 valence electrons. The number of hydrogen-bond acceptors (Lipinski definition) is 0. The Morgan fingerprint density at radius 1 is 1.00 bits per heavy atom. The first-order valence-corrected chi connectivity index (χ1v) is 6.56. The van der Waals surface area contributed by atoms with Crippen molar-refractivity contribution in [2.45, 2.75) is 20.3 Å². The van der Waals surface area contributed by atoms with Gasteiger partial charge in [-0.3, -0.25) is 0 Å². The van der Waals surface area contributed by atoms with Crippen LogP contribution in [-0.2, 0) is 0 Å². The maximum atomic E-state index is 4.04. The number of allylic oxidation sites excluding steroid dienone is 1. The second-order valence-corrected chi connectivity index (χ2v) is 4.65. The van der Waals surface area contributed by atoms with Crippen LogP contribution in [0.2, 0.25) is 0 Å². The number of aryl methyl sites for hydroxylation is 1. The van der Waals surface area contributed by atoms with Gasteiger partial charge >= 0.3 is 0 Å². The molecule has 0 radical (unpaired) electrons. The van der Waals surface area contributed by atoms with Crippen molar-refractivity contribution in [1.29, 1.82) is 0 Å². The molecule has 0 aliphatic carbocycles. The van der Waals surface area contributed by atoms with E-state index in [1.54, 1.807) is 0 Å². The fourth-order valence-electron chi connectivity index (χ4n) is 1.86. The number of hydrogen-bond donors (Lipinski definition) is 0. The molecule has 2 aromatic rings. The second-order valence-electron chi connectivity index (χ2n) is 4.65. The Balaban J connectivity index is 2.19. The molecular formula is C19H18. The van der Waals surface area contributed by atoms with Gasteiger partial charge in [-0.2, -0.15) is 0 Å². The molecule has 0 spiro atoms. The fraction of sp³-hybridized carbons (Fsp3) is 0.158. The lowest BCUT2D eigenvalue weighted by molar-refractivity contribution is 1.24. The van der Waals surface area contributed by atoms with Gasteiger partial charge in [0.15, 0.2) is 0 Å². The summed E-state index contributed by atoms with van der Waals surface area (Å²) in [6, 6.07) is 16.5. The topological polar surface area (TPSA) is 0 Å². The van der Waals surface area contributed by atoms with Crippen LogP contribution in [0.1, 0.15) is 35.6 Å². The van der Waals surface area contributed by atoms with Gasteiger partial charge in [-0.15, -0.1) is 0 Å². The summed E-state index contributed by atoms with van der Waals surface area (Å²) in [5.74, 6) is 6.38. The average Bonchev–Trinajstić information content (AvgIpc) is 2.45. The van der Waals surface area contributed by atoms with Crippen LogP contribution in [0.5, 0.6) is 0 Å². The van der Waals surface area contributed by atoms with Gasteiger partial charge in [0.05, 0.1) is 0 Å². The average molecular weight is 246 g/mol. The predicted molar refractivity (Wildman–Crippen MR) is 82.9 cm³/mol. The van der Waals surface area contributed by atoms with E-state index in [0.29, 0.717) is 0 Å². The highest BCUT2D eigenvalue weighted by Crippen LogP contribution is 2.15. The summed E-state index contributed by atoms with van der Waals surface area (Å²) in [5, 5.41) is 0. The third-order valence-corrected chi connectivity index (χ3v) is 3.09. The minimum atomic E-state index is 0.980. The highest BCUT2D eigenvalue weighted by atomic mass is 14.0. The molecule has 0 saturated carbocycles. The second kappa shape index (κ2) is 6.07. The van der Waals surface area contributed by atoms with Crippen LogP contribution in [0.4, 0.5) is 0 Å². The standard InChI is InChI=1S/C19H18/c1-4-16(3)19-12-10-17(11-13-19)8-9-18-7-5-6-15(2)14-18/h5-7,10-14H,3-4H2,1-2H3. The minimum absolute atomic E-state index is 0.980. The Bertz CT molecular complexity index is 634. The van der Waals surface area contributed by atoms with Crippen molar-refractivity contribution in [3.8, 4) is 11.8 Å². The van der Waals surface area contributed by atoms with Crippen molar-refractivity contribution < 1.29 is 0 Å². The Morgan fingerprint density at radius 3 is 2.32 bits per heavy atom. The zero-order valence-corrected chi connectivity index (χ0v) is 11.5. The van der Waals surface area contributed by atoms with Gasteiger partial charge in [-0.25, -0.2) is 0 Å². The molecule has 0 unspecified atom stereocenters. The summed E-state index contributed by atoms with van der Waals surface area (Å²) in [6.07, 6.45) is 0.980. The van der Waals surface area contributed by atoms with E-state index in [-0.39, 0.29) is 0 Å². The maximum Gasteiger partial charge on any atom is 0.0251 e. The third-order valence-electron chi connectivity index (χ3n) is 3.09. The van der Waals surface area contributed by atoms with E-state index in [4.69, 9.17) is 0 Å². The van der Waals surface area contributed by atoms with Gasteiger partial charge in [-0.05, 0) is 54.3 Å². The molecule has 0 amide bonds. The van der Waals surface area contributed by atoms with E-state index >= 15 is 0 Å². The summed E-state index contributed by atoms with van der Waals surface area (Å²) in [7, 11) is 0. The molecule has 0 bridgehead atoms. The van der Waals surface area contributed by atoms with Crippen molar-refractivity contribution in [2.24, 2.45) is 0 Å². The summed E-state index contributed by atoms with van der Waals surface area (Å²) >= 11 is 0. The molecule has 0 nitrogen and oxygen atoms in total. The molecule has 0 fully saturated rings. The van der Waals surface area contributed by atoms with Gasteiger partial charge in [0, 0.05) is 11.1 Å². The Hall–Kier alpha value is -2.26. The Morgan fingerprint density at radius 2 is 1.68 bits per heavy atom. The minimum Gasteiger partial charge on any atom is -0.0952 e. The maximum absolute atomic E-state index is 4.04. The van der Waals surface area contributed by atoms with E-state index in [1.165, 1.54) is 11.1 Å². The molecule has 0 heteroatoms. The zero-order valence-electron chi connectivity index (χ0n) is 11.5. The van der Waals surface area contributed by atoms with E-state index in [1.807, 2.05) is 12.1 Å². The fourth-order valence-corrected chi connectivity index (χ4v) is 1.86. The van der Waals surface area contributed by atoms with Crippen LogP contribution in [0.25, 0.3) is 5.57 Å². The normalized spacial score (nSPS) is 9.58. The lowest BCUT2D eigenvalue weighted by Gasteiger charge is -2.01. The van der Waals surface area contributed by atoms with Crippen molar-refractivity contribution >= 4 is 5.57 Å². The molecule has 2 rings (SSSR count). The monoisotopic (exact) mass is 246 g/mol. The highest BCUT2D eigenvalue weighted by Gasteiger charge is 1.95. The first kappa shape index (κ1) is 13.2. The molecule has 2 aromatic carbocycles. The number of benzene rings is 2. The summed E-state index contributed by atoms with van der Waals surface area (Å²) in [6.45, 7) is 8.24. The molecular weight excluding hydrogens is 228 g/mol. The Labute approximate surface area is 115 Å². The predicted octanol–water partition coefficient (Wildman–Crippen LogP) is 4.82. The quantitative estimate of drug-likeness (QED) is 0.666. The zero-order chi connectivity index (χ0) is 13.7. The summed E-state index contributed by atoms with van der Waals surface area (Å²) in [4.78, 5) is 0. The van der Waals surface area contributed by atoms with Crippen LogP contribution in [-0.4, -0.2) is 0 Å². The lowest BCUT2D eigenvalue weighted by Crippen LogP contribution is -1.82. The van der Waals surface area contributed by atoms with Crippen molar-refractivity contribution in [3.63, 3.8) is 0 Å². The van der Waals surface area contributed by atoms with Gasteiger partial charge < -0.3 is 0 Å². The first-order chi connectivity index (χ1) is 9.19. The summed E-state index contributed by atoms with van der Waals surface area (Å²) < 4.78 is 0. The van der Waals surface area contributed by atoms with Crippen LogP contribution in [0, 0.1) is 18.8 Å². The molecule has 0 aliphatic heterocycles. The van der Waals surface area contributed by atoms with Gasteiger partial charge in [0.2, 0.25) is 0 Å². The lowest BCUT2D eigenvalue weighted by atomic mass is 10.0. The SMILES string of the molecule is C=C(CC)c1ccc(C#Cc2cccc(C)c2)cc1. The Kier molecular flexibility index (Phi) is 4.21. The molecule has 0 atom stereocenters. The molecule has 0 aliphatic rings. The van der Waals surface area contributed by atoms with Gasteiger partial charge in [-0.1, -0.05) is 49.6 Å². The summed E-state index contributed by atoms with van der Waals surface area (Å²) in [5.41, 5.74) is 5.69. The van der Waals surface area contributed by atoms with E-state index in [9.17, 15) is 0 Å². The molecule has 0 saturated heterocycles. The highest BCUT2D eigenvalue weighted by molar-refractivity contribution is 5.63. The van der Waals surface area contributed by atoms with Gasteiger partial charge in [0.1, 0.15) is 0 Å². The van der Waals surface area contributed by atoms with E-state index in [2.05, 4.69) is 68.7 Å². The van der Waals surface area contributed by atoms with E-state index in [0.717, 1.165) is 23.1 Å². The first-order valence-electron chi connectivity index (χ1n) is 6.56. The van der Waals surface area contributed by atoms with E-state index < -0.39 is 0 Å². The van der Waals surface area contributed by atoms with Crippen LogP contribution < -0.4 is 0 Å². The molecule has 0 aromatic heterocycles. The molecule has 0 heterocycles.